The summed E-state index contributed by atoms with van der Waals surface area (Å²) in [6.07, 6.45) is 2.76. The molecule has 1 aromatic heterocycles. The zero-order valence-electron chi connectivity index (χ0n) is 11.6. The lowest BCUT2D eigenvalue weighted by molar-refractivity contribution is -0.149. The molecular formula is C13H17N3O4. The van der Waals surface area contributed by atoms with E-state index in [0.717, 1.165) is 0 Å². The van der Waals surface area contributed by atoms with Gasteiger partial charge in [0.15, 0.2) is 0 Å². The summed E-state index contributed by atoms with van der Waals surface area (Å²) < 4.78 is 0. The summed E-state index contributed by atoms with van der Waals surface area (Å²) in [5.74, 6) is -1.74. The predicted molar refractivity (Wildman–Crippen MR) is 72.2 cm³/mol. The van der Waals surface area contributed by atoms with Crippen molar-refractivity contribution in [2.24, 2.45) is 5.41 Å². The first-order valence-corrected chi connectivity index (χ1v) is 5.95. The maximum atomic E-state index is 11.8. The highest BCUT2D eigenvalue weighted by Crippen LogP contribution is 2.20. The molecule has 0 unspecified atom stereocenters. The van der Waals surface area contributed by atoms with Crippen LogP contribution in [0.4, 0.5) is 10.5 Å². The highest BCUT2D eigenvalue weighted by atomic mass is 16.4. The van der Waals surface area contributed by atoms with Crippen molar-refractivity contribution in [1.29, 1.82) is 0 Å². The number of rotatable bonds is 4. The zero-order valence-corrected chi connectivity index (χ0v) is 11.6. The van der Waals surface area contributed by atoms with Crippen molar-refractivity contribution < 1.29 is 19.5 Å². The fourth-order valence-electron chi connectivity index (χ4n) is 1.39. The molecule has 0 saturated carbocycles. The molecule has 0 aromatic carbocycles. The van der Waals surface area contributed by atoms with Crippen LogP contribution in [0, 0.1) is 5.41 Å². The average Bonchev–Trinajstić information content (AvgIpc) is 2.37. The fraction of sp³-hybridized carbons (Fsp3) is 0.385. The Labute approximate surface area is 116 Å². The summed E-state index contributed by atoms with van der Waals surface area (Å²) in [5.41, 5.74) is -0.702. The number of aliphatic carboxylic acids is 1. The number of nitrogens with one attached hydrogen (secondary N) is 1. The predicted octanol–water partition coefficient (Wildman–Crippen LogP) is 1.25. The van der Waals surface area contributed by atoms with Crippen LogP contribution in [0.25, 0.3) is 0 Å². The van der Waals surface area contributed by atoms with Gasteiger partial charge in [-0.2, -0.15) is 0 Å². The van der Waals surface area contributed by atoms with Crippen LogP contribution in [0.2, 0.25) is 0 Å². The number of carboxylic acids is 1. The van der Waals surface area contributed by atoms with Crippen LogP contribution < -0.4 is 10.2 Å². The summed E-state index contributed by atoms with van der Waals surface area (Å²) in [6.45, 7) is 2.84. The third-order valence-corrected chi connectivity index (χ3v) is 2.77. The van der Waals surface area contributed by atoms with Gasteiger partial charge in [0.25, 0.3) is 0 Å². The van der Waals surface area contributed by atoms with E-state index in [1.807, 2.05) is 0 Å². The van der Waals surface area contributed by atoms with Crippen LogP contribution in [0.5, 0.6) is 0 Å². The highest BCUT2D eigenvalue weighted by Gasteiger charge is 2.31. The molecule has 20 heavy (non-hydrogen) atoms. The minimum atomic E-state index is -1.22. The van der Waals surface area contributed by atoms with Crippen LogP contribution >= 0.6 is 0 Å². The van der Waals surface area contributed by atoms with Crippen LogP contribution in [-0.2, 0) is 9.59 Å². The molecule has 7 heteroatoms. The van der Waals surface area contributed by atoms with Crippen LogP contribution in [-0.4, -0.2) is 35.0 Å². The van der Waals surface area contributed by atoms with Gasteiger partial charge in [0.05, 0.1) is 17.3 Å². The van der Waals surface area contributed by atoms with E-state index in [1.165, 1.54) is 32.0 Å². The first-order chi connectivity index (χ1) is 9.24. The molecule has 108 valence electrons. The Morgan fingerprint density at radius 3 is 2.55 bits per heavy atom. The Hall–Kier alpha value is -2.44. The van der Waals surface area contributed by atoms with E-state index in [0.29, 0.717) is 5.69 Å². The van der Waals surface area contributed by atoms with Crippen molar-refractivity contribution in [1.82, 2.24) is 10.3 Å². The molecule has 7 nitrogen and oxygen atoms in total. The quantitative estimate of drug-likeness (QED) is 0.864. The number of hydrogen-bond donors (Lipinski definition) is 2. The SMILES string of the molecule is CN(C(=O)NC(=O)CC(C)(C)C(=O)O)c1cccnc1. The summed E-state index contributed by atoms with van der Waals surface area (Å²) in [6, 6.07) is 2.69. The zero-order chi connectivity index (χ0) is 15.3. The maximum Gasteiger partial charge on any atom is 0.328 e. The summed E-state index contributed by atoms with van der Waals surface area (Å²) in [5, 5.41) is 11.1. The van der Waals surface area contributed by atoms with E-state index in [9.17, 15) is 14.4 Å². The van der Waals surface area contributed by atoms with Gasteiger partial charge in [0.2, 0.25) is 5.91 Å². The fourth-order valence-corrected chi connectivity index (χ4v) is 1.39. The smallest absolute Gasteiger partial charge is 0.328 e. The molecule has 0 fully saturated rings. The Morgan fingerprint density at radius 2 is 2.05 bits per heavy atom. The highest BCUT2D eigenvalue weighted by molar-refractivity contribution is 6.03. The average molecular weight is 279 g/mol. The Kier molecular flexibility index (Phi) is 4.79. The summed E-state index contributed by atoms with van der Waals surface area (Å²) in [7, 11) is 1.49. The second-order valence-electron chi connectivity index (χ2n) is 4.99. The second-order valence-corrected chi connectivity index (χ2v) is 4.99. The van der Waals surface area contributed by atoms with Gasteiger partial charge in [0, 0.05) is 19.7 Å². The topological polar surface area (TPSA) is 99.6 Å². The van der Waals surface area contributed by atoms with E-state index in [4.69, 9.17) is 5.11 Å². The van der Waals surface area contributed by atoms with E-state index in [1.54, 1.807) is 18.3 Å². The van der Waals surface area contributed by atoms with Gasteiger partial charge in [-0.05, 0) is 26.0 Å². The lowest BCUT2D eigenvalue weighted by Gasteiger charge is -2.20. The molecule has 3 amide bonds. The Morgan fingerprint density at radius 1 is 1.40 bits per heavy atom. The molecule has 1 heterocycles. The standard InChI is InChI=1S/C13H17N3O4/c1-13(2,11(18)19)7-10(17)15-12(20)16(3)9-5-4-6-14-8-9/h4-6,8H,7H2,1-3H3,(H,18,19)(H,15,17,20). The van der Waals surface area contributed by atoms with Crippen molar-refractivity contribution >= 4 is 23.6 Å². The van der Waals surface area contributed by atoms with Crippen molar-refractivity contribution in [2.45, 2.75) is 20.3 Å². The Balaban J connectivity index is 2.63. The molecule has 0 aliphatic carbocycles. The maximum absolute atomic E-state index is 11.8. The summed E-state index contributed by atoms with van der Waals surface area (Å²) >= 11 is 0. The van der Waals surface area contributed by atoms with Crippen molar-refractivity contribution in [2.75, 3.05) is 11.9 Å². The molecule has 2 N–H and O–H groups in total. The first kappa shape index (κ1) is 15.6. The normalized spacial score (nSPS) is 10.8. The molecular weight excluding hydrogens is 262 g/mol. The van der Waals surface area contributed by atoms with Gasteiger partial charge < -0.3 is 5.11 Å². The second kappa shape index (κ2) is 6.14. The van der Waals surface area contributed by atoms with E-state index in [-0.39, 0.29) is 6.42 Å². The van der Waals surface area contributed by atoms with Gasteiger partial charge in [0.1, 0.15) is 0 Å². The van der Waals surface area contributed by atoms with Gasteiger partial charge >= 0.3 is 12.0 Å². The molecule has 0 saturated heterocycles. The number of urea groups is 1. The largest absolute Gasteiger partial charge is 0.481 e. The third-order valence-electron chi connectivity index (χ3n) is 2.77. The van der Waals surface area contributed by atoms with Crippen LogP contribution in [0.3, 0.4) is 0 Å². The molecule has 0 spiro atoms. The molecule has 1 aromatic rings. The van der Waals surface area contributed by atoms with Gasteiger partial charge in [-0.15, -0.1) is 0 Å². The van der Waals surface area contributed by atoms with Gasteiger partial charge in [-0.25, -0.2) is 4.79 Å². The molecule has 1 rings (SSSR count). The number of carboxylic acid groups (broad SMARTS) is 1. The van der Waals surface area contributed by atoms with E-state index >= 15 is 0 Å². The molecule has 0 bridgehead atoms. The number of carbonyl (C=O) groups excluding carboxylic acids is 2. The van der Waals surface area contributed by atoms with Crippen LogP contribution in [0.1, 0.15) is 20.3 Å². The number of carbonyl (C=O) groups is 3. The molecule has 0 aliphatic heterocycles. The minimum absolute atomic E-state index is 0.283. The number of hydrogen-bond acceptors (Lipinski definition) is 4. The van der Waals surface area contributed by atoms with Gasteiger partial charge in [-0.3, -0.25) is 24.8 Å². The van der Waals surface area contributed by atoms with Crippen molar-refractivity contribution in [3.8, 4) is 0 Å². The molecule has 0 atom stereocenters. The number of anilines is 1. The number of pyridine rings is 1. The third kappa shape index (κ3) is 4.04. The molecule has 0 radical (unpaired) electrons. The first-order valence-electron chi connectivity index (χ1n) is 5.95. The van der Waals surface area contributed by atoms with Crippen LogP contribution in [0.15, 0.2) is 24.5 Å². The Bertz CT molecular complexity index is 514. The lowest BCUT2D eigenvalue weighted by atomic mass is 9.89. The number of nitrogens with zero attached hydrogens (tertiary/aromatic N) is 2. The van der Waals surface area contributed by atoms with Gasteiger partial charge in [-0.1, -0.05) is 0 Å². The van der Waals surface area contributed by atoms with Crippen molar-refractivity contribution in [3.05, 3.63) is 24.5 Å². The molecule has 0 aliphatic rings. The monoisotopic (exact) mass is 279 g/mol. The number of imide groups is 1. The summed E-state index contributed by atoms with van der Waals surface area (Å²) in [4.78, 5) is 39.5. The van der Waals surface area contributed by atoms with E-state index < -0.39 is 23.3 Å². The lowest BCUT2D eigenvalue weighted by Crippen LogP contribution is -2.43. The van der Waals surface area contributed by atoms with E-state index in [2.05, 4.69) is 10.3 Å². The number of aromatic nitrogens is 1. The minimum Gasteiger partial charge on any atom is -0.481 e. The van der Waals surface area contributed by atoms with Crippen molar-refractivity contribution in [3.63, 3.8) is 0 Å². The number of amides is 3.